The maximum Gasteiger partial charge on any atom is 0.226 e. The number of ketones is 1. The summed E-state index contributed by atoms with van der Waals surface area (Å²) in [6.45, 7) is 16.8. The van der Waals surface area contributed by atoms with E-state index in [0.717, 1.165) is 37.8 Å². The first-order valence-electron chi connectivity index (χ1n) is 19.2. The van der Waals surface area contributed by atoms with Crippen molar-refractivity contribution in [2.45, 2.75) is 129 Å². The number of hydrogen-bond donors (Lipinski definition) is 3. The second-order valence-electron chi connectivity index (χ2n) is 15.7. The van der Waals surface area contributed by atoms with Crippen molar-refractivity contribution in [1.82, 2.24) is 20.4 Å². The van der Waals surface area contributed by atoms with E-state index in [4.69, 9.17) is 9.47 Å². The van der Waals surface area contributed by atoms with E-state index in [2.05, 4.69) is 31.1 Å². The number of amides is 3. The summed E-state index contributed by atoms with van der Waals surface area (Å²) in [5.74, 6) is -1.77. The van der Waals surface area contributed by atoms with Crippen molar-refractivity contribution in [1.29, 1.82) is 0 Å². The lowest BCUT2D eigenvalue weighted by Gasteiger charge is -2.41. The van der Waals surface area contributed by atoms with Crippen LogP contribution in [0, 0.1) is 23.7 Å². The van der Waals surface area contributed by atoms with Gasteiger partial charge < -0.3 is 35.0 Å². The average Bonchev–Trinajstić information content (AvgIpc) is 3.80. The van der Waals surface area contributed by atoms with Crippen molar-refractivity contribution in [3.8, 4) is 0 Å². The van der Waals surface area contributed by atoms with Gasteiger partial charge in [-0.2, -0.15) is 0 Å². The smallest absolute Gasteiger partial charge is 0.226 e. The second-order valence-corrected chi connectivity index (χ2v) is 15.7. The van der Waals surface area contributed by atoms with Crippen LogP contribution in [0.1, 0.15) is 92.1 Å². The van der Waals surface area contributed by atoms with Crippen LogP contribution in [0.15, 0.2) is 42.7 Å². The zero-order chi connectivity index (χ0) is 38.7. The third-order valence-electron chi connectivity index (χ3n) is 11.8. The minimum absolute atomic E-state index is 0.0131. The lowest BCUT2D eigenvalue weighted by atomic mass is 9.82. The van der Waals surface area contributed by atoms with Gasteiger partial charge >= 0.3 is 0 Å². The molecular formula is C41H66N4O7. The first-order chi connectivity index (χ1) is 24.6. The quantitative estimate of drug-likeness (QED) is 0.158. The van der Waals surface area contributed by atoms with E-state index in [1.165, 1.54) is 0 Å². The molecule has 2 fully saturated rings. The van der Waals surface area contributed by atoms with E-state index in [0.29, 0.717) is 19.4 Å². The number of rotatable bonds is 20. The molecule has 0 radical (unpaired) electrons. The molecule has 0 saturated carbocycles. The molecule has 3 amide bonds. The van der Waals surface area contributed by atoms with Crippen LogP contribution in [0.4, 0.5) is 0 Å². The van der Waals surface area contributed by atoms with E-state index < -0.39 is 41.7 Å². The Morgan fingerprint density at radius 1 is 1.08 bits per heavy atom. The van der Waals surface area contributed by atoms with Gasteiger partial charge in [-0.05, 0) is 63.0 Å². The number of carbonyl (C=O) groups is 4. The number of hydrogen-bond acceptors (Lipinski definition) is 8. The minimum atomic E-state index is -0.674. The summed E-state index contributed by atoms with van der Waals surface area (Å²) < 4.78 is 12.0. The number of likely N-dealkylation sites (tertiary alicyclic amines) is 1. The van der Waals surface area contributed by atoms with Crippen LogP contribution in [0.25, 0.3) is 0 Å². The van der Waals surface area contributed by atoms with E-state index >= 15 is 0 Å². The summed E-state index contributed by atoms with van der Waals surface area (Å²) in [5, 5.41) is 16.6. The van der Waals surface area contributed by atoms with Crippen molar-refractivity contribution in [2.75, 3.05) is 34.4 Å². The lowest BCUT2D eigenvalue weighted by Crippen LogP contribution is -2.55. The number of Topliss-reactive ketones (excluding diaryl/α,β-unsaturated/α-hetero) is 1. The number of carbonyl (C=O) groups excluding carboxylic acids is 4. The largest absolute Gasteiger partial charge is 0.511 e. The van der Waals surface area contributed by atoms with Gasteiger partial charge in [-0.15, -0.1) is 0 Å². The molecule has 0 spiro atoms. The number of nitrogens with one attached hydrogen (secondary N) is 2. The normalized spacial score (nSPS) is 23.0. The monoisotopic (exact) mass is 726 g/mol. The fourth-order valence-corrected chi connectivity index (χ4v) is 8.14. The first kappa shape index (κ1) is 43.1. The van der Waals surface area contributed by atoms with Gasteiger partial charge in [-0.3, -0.25) is 19.2 Å². The van der Waals surface area contributed by atoms with Crippen molar-refractivity contribution >= 4 is 23.5 Å². The Labute approximate surface area is 312 Å². The molecule has 2 aliphatic heterocycles. The van der Waals surface area contributed by atoms with Gasteiger partial charge in [0.25, 0.3) is 0 Å². The Hall–Kier alpha value is -3.28. The highest BCUT2D eigenvalue weighted by molar-refractivity contribution is 5.92. The molecule has 1 aromatic rings. The number of methoxy groups -OCH3 is 2. The van der Waals surface area contributed by atoms with Crippen molar-refractivity contribution in [3.05, 3.63) is 48.2 Å². The maximum absolute atomic E-state index is 14.2. The highest BCUT2D eigenvalue weighted by Gasteiger charge is 2.44. The van der Waals surface area contributed by atoms with Gasteiger partial charge in [0, 0.05) is 40.2 Å². The van der Waals surface area contributed by atoms with Gasteiger partial charge in [-0.25, -0.2) is 0 Å². The molecule has 292 valence electrons. The molecule has 1 unspecified atom stereocenters. The number of nitrogens with zero attached hydrogens (tertiary/aromatic N) is 2. The van der Waals surface area contributed by atoms with Crippen LogP contribution in [-0.4, -0.2) is 109 Å². The van der Waals surface area contributed by atoms with Gasteiger partial charge in [0.05, 0.1) is 48.2 Å². The molecule has 0 aromatic heterocycles. The Bertz CT molecular complexity index is 1350. The Morgan fingerprint density at radius 2 is 1.75 bits per heavy atom. The van der Waals surface area contributed by atoms with Crippen LogP contribution in [0.3, 0.4) is 0 Å². The summed E-state index contributed by atoms with van der Waals surface area (Å²) in [5.41, 5.74) is 0.344. The van der Waals surface area contributed by atoms with Gasteiger partial charge in [0.2, 0.25) is 17.7 Å². The SMILES string of the molecule is C=C(O)[C@H](Cc1ccccc1)NC(=O)[C@H](C)[C@@H](OC)[C@@H]1CCCN1C(=O)C[C@@H](OC)C([C@@H](C)CC)N(C)C(=O)[C@@H](CC(=O)[C@]1(C)CCCN1)C(C)C. The van der Waals surface area contributed by atoms with Gasteiger partial charge in [-0.1, -0.05) is 78.0 Å². The molecule has 2 saturated heterocycles. The third-order valence-corrected chi connectivity index (χ3v) is 11.8. The van der Waals surface area contributed by atoms with Crippen LogP contribution >= 0.6 is 0 Å². The molecule has 3 rings (SSSR count). The number of aliphatic hydroxyl groups excluding tert-OH is 1. The van der Waals surface area contributed by atoms with E-state index in [-0.39, 0.29) is 60.0 Å². The molecule has 2 aliphatic rings. The molecule has 11 heteroatoms. The molecular weight excluding hydrogens is 660 g/mol. The fourth-order valence-electron chi connectivity index (χ4n) is 8.14. The summed E-state index contributed by atoms with van der Waals surface area (Å²) in [4.78, 5) is 59.0. The molecule has 2 heterocycles. The van der Waals surface area contributed by atoms with E-state index in [9.17, 15) is 24.3 Å². The molecule has 52 heavy (non-hydrogen) atoms. The highest BCUT2D eigenvalue weighted by atomic mass is 16.5. The second kappa shape index (κ2) is 19.7. The highest BCUT2D eigenvalue weighted by Crippen LogP contribution is 2.32. The van der Waals surface area contributed by atoms with E-state index in [1.807, 2.05) is 51.1 Å². The number of aliphatic hydroxyl groups is 1. The fraction of sp³-hybridized carbons (Fsp3) is 0.707. The summed E-state index contributed by atoms with van der Waals surface area (Å²) in [6.07, 6.45) is 3.31. The zero-order valence-corrected chi connectivity index (χ0v) is 33.2. The number of ether oxygens (including phenoxy) is 2. The van der Waals surface area contributed by atoms with Crippen molar-refractivity contribution in [2.24, 2.45) is 23.7 Å². The maximum atomic E-state index is 14.2. The lowest BCUT2D eigenvalue weighted by molar-refractivity contribution is -0.149. The molecule has 11 nitrogen and oxygen atoms in total. The summed E-state index contributed by atoms with van der Waals surface area (Å²) in [7, 11) is 4.91. The third kappa shape index (κ3) is 10.7. The van der Waals surface area contributed by atoms with Crippen molar-refractivity contribution < 1.29 is 33.8 Å². The van der Waals surface area contributed by atoms with Crippen LogP contribution in [0.5, 0.6) is 0 Å². The zero-order valence-electron chi connectivity index (χ0n) is 33.2. The van der Waals surface area contributed by atoms with E-state index in [1.54, 1.807) is 38.0 Å². The van der Waals surface area contributed by atoms with Crippen LogP contribution < -0.4 is 10.6 Å². The standard InChI is InChI=1S/C41H66N4O7/c1-11-27(4)37(44(8)40(50)31(26(2)3)24-35(47)41(7)20-16-21-42-41)34(51-9)25-36(48)45-22-15-19-33(45)38(52-10)28(5)39(49)43-32(29(6)46)23-30-17-13-12-14-18-30/h12-14,17-18,26-28,31-34,37-38,42,46H,6,11,15-16,19-25H2,1-5,7-10H3,(H,43,49)/t27-,28+,31-,32-,33-,34+,37?,38+,41-/m0/s1. The Morgan fingerprint density at radius 3 is 2.29 bits per heavy atom. The predicted molar refractivity (Wildman–Crippen MR) is 204 cm³/mol. The summed E-state index contributed by atoms with van der Waals surface area (Å²) >= 11 is 0. The minimum Gasteiger partial charge on any atom is -0.511 e. The summed E-state index contributed by atoms with van der Waals surface area (Å²) in [6, 6.07) is 8.15. The van der Waals surface area contributed by atoms with Crippen LogP contribution in [-0.2, 0) is 35.1 Å². The van der Waals surface area contributed by atoms with Gasteiger partial charge in [0.1, 0.15) is 5.76 Å². The van der Waals surface area contributed by atoms with Gasteiger partial charge in [0.15, 0.2) is 5.78 Å². The molecule has 0 aliphatic carbocycles. The average molecular weight is 727 g/mol. The van der Waals surface area contributed by atoms with Crippen LogP contribution in [0.2, 0.25) is 0 Å². The Kier molecular flexibility index (Phi) is 16.3. The predicted octanol–water partition coefficient (Wildman–Crippen LogP) is 5.08. The number of benzene rings is 1. The molecule has 1 aromatic carbocycles. The first-order valence-corrected chi connectivity index (χ1v) is 19.2. The Balaban J connectivity index is 1.76. The molecule has 3 N–H and O–H groups in total. The molecule has 9 atom stereocenters. The molecule has 0 bridgehead atoms. The van der Waals surface area contributed by atoms with Crippen molar-refractivity contribution in [3.63, 3.8) is 0 Å². The topological polar surface area (TPSA) is 138 Å². The number of likely N-dealkylation sites (N-methyl/N-ethyl adjacent to an activating group) is 1.